The molecular weight excluding hydrogens is 358 g/mol. The van der Waals surface area contributed by atoms with E-state index >= 15 is 0 Å². The second-order valence-electron chi connectivity index (χ2n) is 6.23. The Labute approximate surface area is 164 Å². The van der Waals surface area contributed by atoms with Crippen LogP contribution in [0.3, 0.4) is 0 Å². The summed E-state index contributed by atoms with van der Waals surface area (Å²) in [5, 5.41) is 5.54. The van der Waals surface area contributed by atoms with E-state index in [0.29, 0.717) is 29.2 Å². The number of anilines is 2. The van der Waals surface area contributed by atoms with E-state index < -0.39 is 0 Å². The largest absolute Gasteiger partial charge is 0.497 e. The number of hydrogen-bond donors (Lipinski definition) is 2. The Balaban J connectivity index is 1.93. The fourth-order valence-corrected chi connectivity index (χ4v) is 2.68. The lowest BCUT2D eigenvalue weighted by Gasteiger charge is -2.20. The number of nitrogens with one attached hydrogen (secondary N) is 2. The number of likely N-dealkylation sites (N-methyl/N-ethyl adjacent to an activating group) is 1. The lowest BCUT2D eigenvalue weighted by molar-refractivity contribution is -0.119. The van der Waals surface area contributed by atoms with E-state index in [2.05, 4.69) is 10.6 Å². The van der Waals surface area contributed by atoms with Crippen molar-refractivity contribution in [3.05, 3.63) is 54.1 Å². The first-order valence-corrected chi connectivity index (χ1v) is 8.99. The number of benzene rings is 2. The number of hydrogen-bond acceptors (Lipinski definition) is 5. The van der Waals surface area contributed by atoms with Crippen LogP contribution in [0.5, 0.6) is 5.75 Å². The van der Waals surface area contributed by atoms with Gasteiger partial charge in [0.25, 0.3) is 0 Å². The molecule has 0 unspecified atom stereocenters. The summed E-state index contributed by atoms with van der Waals surface area (Å²) >= 11 is 0. The summed E-state index contributed by atoms with van der Waals surface area (Å²) in [5.74, 6) is 0.00588. The van der Waals surface area contributed by atoms with E-state index in [4.69, 9.17) is 4.74 Å². The van der Waals surface area contributed by atoms with Crippen molar-refractivity contribution in [3.63, 3.8) is 0 Å². The number of methoxy groups -OCH3 is 1. The number of rotatable bonds is 9. The fraction of sp³-hybridized carbons (Fsp3) is 0.286. The lowest BCUT2D eigenvalue weighted by atomic mass is 10.1. The minimum atomic E-state index is -0.287. The first-order valence-electron chi connectivity index (χ1n) is 8.99. The predicted molar refractivity (Wildman–Crippen MR) is 109 cm³/mol. The van der Waals surface area contributed by atoms with Gasteiger partial charge in [-0.1, -0.05) is 25.1 Å². The summed E-state index contributed by atoms with van der Waals surface area (Å²) in [6.45, 7) is 3.94. The monoisotopic (exact) mass is 383 g/mol. The molecule has 148 valence electrons. The topological polar surface area (TPSA) is 87.7 Å². The molecule has 2 N–H and O–H groups in total. The molecule has 2 aromatic carbocycles. The van der Waals surface area contributed by atoms with Gasteiger partial charge < -0.3 is 15.4 Å². The van der Waals surface area contributed by atoms with Gasteiger partial charge in [-0.25, -0.2) is 0 Å². The van der Waals surface area contributed by atoms with E-state index in [1.54, 1.807) is 60.5 Å². The quantitative estimate of drug-likeness (QED) is 0.650. The SMILES string of the molecule is CCN(CC(=O)Nc1cccc(OC)c1)CC(=O)Nc1ccccc1C(C)=O. The highest BCUT2D eigenvalue weighted by atomic mass is 16.5. The lowest BCUT2D eigenvalue weighted by Crippen LogP contribution is -2.38. The van der Waals surface area contributed by atoms with E-state index in [0.717, 1.165) is 0 Å². The van der Waals surface area contributed by atoms with Gasteiger partial charge >= 0.3 is 0 Å². The average Bonchev–Trinajstić information content (AvgIpc) is 2.67. The van der Waals surface area contributed by atoms with Crippen LogP contribution in [0.2, 0.25) is 0 Å². The zero-order chi connectivity index (χ0) is 20.5. The fourth-order valence-electron chi connectivity index (χ4n) is 2.68. The number of amides is 2. The third-order valence-electron chi connectivity index (χ3n) is 4.12. The minimum absolute atomic E-state index is 0.0360. The highest BCUT2D eigenvalue weighted by molar-refractivity contribution is 6.04. The Bertz CT molecular complexity index is 851. The molecule has 28 heavy (non-hydrogen) atoms. The summed E-state index contributed by atoms with van der Waals surface area (Å²) < 4.78 is 5.14. The maximum atomic E-state index is 12.4. The third kappa shape index (κ3) is 6.21. The number of carbonyl (C=O) groups is 3. The van der Waals surface area contributed by atoms with Crippen LogP contribution in [-0.4, -0.2) is 49.2 Å². The molecule has 0 saturated carbocycles. The molecule has 0 aliphatic carbocycles. The first kappa shape index (κ1) is 21.1. The molecule has 0 saturated heterocycles. The highest BCUT2D eigenvalue weighted by Gasteiger charge is 2.15. The van der Waals surface area contributed by atoms with Gasteiger partial charge in [0.1, 0.15) is 5.75 Å². The molecule has 0 spiro atoms. The third-order valence-corrected chi connectivity index (χ3v) is 4.12. The molecule has 7 heteroatoms. The average molecular weight is 383 g/mol. The molecule has 2 rings (SSSR count). The zero-order valence-corrected chi connectivity index (χ0v) is 16.3. The van der Waals surface area contributed by atoms with Gasteiger partial charge in [-0.05, 0) is 37.7 Å². The van der Waals surface area contributed by atoms with Crippen LogP contribution in [0.15, 0.2) is 48.5 Å². The number of ketones is 1. The molecule has 0 radical (unpaired) electrons. The standard InChI is InChI=1S/C21H25N3O4/c1-4-24(13-20(26)22-16-8-7-9-17(12-16)28-3)14-21(27)23-19-11-6-5-10-18(19)15(2)25/h5-12H,4,13-14H2,1-3H3,(H,22,26)(H,23,27). The number of nitrogens with zero attached hydrogens (tertiary/aromatic N) is 1. The van der Waals surface area contributed by atoms with Gasteiger partial charge in [0, 0.05) is 17.3 Å². The summed E-state index contributed by atoms with van der Waals surface area (Å²) in [7, 11) is 1.56. The van der Waals surface area contributed by atoms with Crippen molar-refractivity contribution < 1.29 is 19.1 Å². The minimum Gasteiger partial charge on any atom is -0.497 e. The molecule has 0 aromatic heterocycles. The summed E-state index contributed by atoms with van der Waals surface area (Å²) in [6, 6.07) is 13.9. The van der Waals surface area contributed by atoms with Crippen molar-refractivity contribution in [1.29, 1.82) is 0 Å². The Morgan fingerprint density at radius 3 is 2.29 bits per heavy atom. The molecule has 0 aliphatic rings. The van der Waals surface area contributed by atoms with Gasteiger partial charge in [-0.3, -0.25) is 19.3 Å². The smallest absolute Gasteiger partial charge is 0.238 e. The maximum absolute atomic E-state index is 12.4. The van der Waals surface area contributed by atoms with Gasteiger partial charge in [0.05, 0.1) is 25.9 Å². The second kappa shape index (κ2) is 10.2. The predicted octanol–water partition coefficient (Wildman–Crippen LogP) is 2.80. The van der Waals surface area contributed by atoms with Crippen molar-refractivity contribution in [2.45, 2.75) is 13.8 Å². The van der Waals surface area contributed by atoms with Crippen LogP contribution >= 0.6 is 0 Å². The molecule has 2 aromatic rings. The zero-order valence-electron chi connectivity index (χ0n) is 16.3. The number of carbonyl (C=O) groups excluding carboxylic acids is 3. The van der Waals surface area contributed by atoms with Gasteiger partial charge in [0.15, 0.2) is 5.78 Å². The normalized spacial score (nSPS) is 10.4. The molecule has 0 bridgehead atoms. The van der Waals surface area contributed by atoms with Crippen LogP contribution in [0, 0.1) is 0 Å². The number of Topliss-reactive ketones (excluding diaryl/α,β-unsaturated/α-hetero) is 1. The molecular formula is C21H25N3O4. The van der Waals surface area contributed by atoms with Crippen LogP contribution in [-0.2, 0) is 9.59 Å². The molecule has 2 amide bonds. The Kier molecular flexibility index (Phi) is 7.71. The number of ether oxygens (including phenoxy) is 1. The van der Waals surface area contributed by atoms with Crippen LogP contribution < -0.4 is 15.4 Å². The second-order valence-corrected chi connectivity index (χ2v) is 6.23. The van der Waals surface area contributed by atoms with Crippen molar-refractivity contribution >= 4 is 29.0 Å². The van der Waals surface area contributed by atoms with Crippen molar-refractivity contribution in [3.8, 4) is 5.75 Å². The molecule has 0 atom stereocenters. The van der Waals surface area contributed by atoms with E-state index in [-0.39, 0.29) is 30.7 Å². The Morgan fingerprint density at radius 2 is 1.64 bits per heavy atom. The molecule has 0 fully saturated rings. The van der Waals surface area contributed by atoms with Crippen LogP contribution in [0.25, 0.3) is 0 Å². The summed E-state index contributed by atoms with van der Waals surface area (Å²) in [5.41, 5.74) is 1.55. The van der Waals surface area contributed by atoms with Crippen LogP contribution in [0.1, 0.15) is 24.2 Å². The molecule has 0 aliphatic heterocycles. The summed E-state index contributed by atoms with van der Waals surface area (Å²) in [6.07, 6.45) is 0. The maximum Gasteiger partial charge on any atom is 0.238 e. The molecule has 7 nitrogen and oxygen atoms in total. The summed E-state index contributed by atoms with van der Waals surface area (Å²) in [4.78, 5) is 38.0. The van der Waals surface area contributed by atoms with E-state index in [1.165, 1.54) is 6.92 Å². The first-order chi connectivity index (χ1) is 13.4. The van der Waals surface area contributed by atoms with Gasteiger partial charge in [0.2, 0.25) is 11.8 Å². The van der Waals surface area contributed by atoms with Crippen LogP contribution in [0.4, 0.5) is 11.4 Å². The van der Waals surface area contributed by atoms with Crippen molar-refractivity contribution in [2.24, 2.45) is 0 Å². The number of para-hydroxylation sites is 1. The van der Waals surface area contributed by atoms with Gasteiger partial charge in [-0.15, -0.1) is 0 Å². The van der Waals surface area contributed by atoms with Crippen molar-refractivity contribution in [2.75, 3.05) is 37.4 Å². The van der Waals surface area contributed by atoms with Crippen molar-refractivity contribution in [1.82, 2.24) is 4.90 Å². The Morgan fingerprint density at radius 1 is 0.964 bits per heavy atom. The van der Waals surface area contributed by atoms with Gasteiger partial charge in [-0.2, -0.15) is 0 Å². The Hall–Kier alpha value is -3.19. The highest BCUT2D eigenvalue weighted by Crippen LogP contribution is 2.17. The molecule has 0 heterocycles. The van der Waals surface area contributed by atoms with E-state index in [9.17, 15) is 14.4 Å². The van der Waals surface area contributed by atoms with E-state index in [1.807, 2.05) is 6.92 Å².